The maximum absolute atomic E-state index is 12.9. The molecule has 6 nitrogen and oxygen atoms in total. The summed E-state index contributed by atoms with van der Waals surface area (Å²) in [7, 11) is 0. The van der Waals surface area contributed by atoms with Gasteiger partial charge >= 0.3 is 5.97 Å². The number of aromatic nitrogens is 2. The van der Waals surface area contributed by atoms with Crippen molar-refractivity contribution < 1.29 is 14.7 Å². The molecule has 1 aromatic heterocycles. The first-order valence-corrected chi connectivity index (χ1v) is 8.49. The van der Waals surface area contributed by atoms with Crippen LogP contribution in [0.4, 0.5) is 0 Å². The van der Waals surface area contributed by atoms with Gasteiger partial charge in [0.25, 0.3) is 5.91 Å². The fourth-order valence-corrected chi connectivity index (χ4v) is 3.52. The molecule has 1 aromatic carbocycles. The van der Waals surface area contributed by atoms with E-state index in [9.17, 15) is 14.7 Å². The second kappa shape index (κ2) is 6.35. The fourth-order valence-electron chi connectivity index (χ4n) is 3.52. The molecule has 0 saturated carbocycles. The highest BCUT2D eigenvalue weighted by Gasteiger charge is 2.48. The van der Waals surface area contributed by atoms with Gasteiger partial charge in [-0.25, -0.2) is 4.68 Å². The van der Waals surface area contributed by atoms with Crippen molar-refractivity contribution in [3.8, 4) is 5.69 Å². The second-order valence-corrected chi connectivity index (χ2v) is 6.98. The molecule has 2 heterocycles. The number of carboxylic acids is 1. The lowest BCUT2D eigenvalue weighted by molar-refractivity contribution is -0.150. The Labute approximate surface area is 147 Å². The summed E-state index contributed by atoms with van der Waals surface area (Å²) in [6.07, 6.45) is 2.05. The summed E-state index contributed by atoms with van der Waals surface area (Å²) >= 11 is 0. The van der Waals surface area contributed by atoms with Crippen molar-refractivity contribution in [1.82, 2.24) is 14.7 Å². The zero-order chi connectivity index (χ0) is 18.2. The third kappa shape index (κ3) is 2.81. The zero-order valence-electron chi connectivity index (χ0n) is 14.8. The second-order valence-electron chi connectivity index (χ2n) is 6.98. The third-order valence-electron chi connectivity index (χ3n) is 5.36. The molecule has 3 rings (SSSR count). The lowest BCUT2D eigenvalue weighted by atomic mass is 9.76. The molecule has 1 aliphatic rings. The number of carbonyl (C=O) groups excluding carboxylic acids is 1. The average molecular weight is 341 g/mol. The van der Waals surface area contributed by atoms with E-state index in [1.54, 1.807) is 15.8 Å². The molecule has 0 radical (unpaired) electrons. The molecule has 2 aromatic rings. The van der Waals surface area contributed by atoms with Crippen molar-refractivity contribution in [3.63, 3.8) is 0 Å². The van der Waals surface area contributed by atoms with Gasteiger partial charge in [-0.3, -0.25) is 9.59 Å². The van der Waals surface area contributed by atoms with Gasteiger partial charge in [-0.15, -0.1) is 0 Å². The number of carbonyl (C=O) groups is 2. The Kier molecular flexibility index (Phi) is 4.37. The van der Waals surface area contributed by atoms with Crippen molar-refractivity contribution in [2.75, 3.05) is 13.1 Å². The van der Waals surface area contributed by atoms with Gasteiger partial charge in [0.15, 0.2) is 0 Å². The first-order chi connectivity index (χ1) is 11.9. The molecule has 1 fully saturated rings. The number of rotatable bonds is 4. The fraction of sp³-hybridized carbons (Fsp3) is 0.421. The molecule has 0 bridgehead atoms. The Morgan fingerprint density at radius 1 is 1.24 bits per heavy atom. The number of carboxylic acid groups (broad SMARTS) is 1. The van der Waals surface area contributed by atoms with E-state index in [0.29, 0.717) is 18.5 Å². The van der Waals surface area contributed by atoms with Gasteiger partial charge in [0.1, 0.15) is 0 Å². The van der Waals surface area contributed by atoms with E-state index < -0.39 is 11.4 Å². The lowest BCUT2D eigenvalue weighted by Crippen LogP contribution is -2.40. The van der Waals surface area contributed by atoms with Crippen LogP contribution in [0.2, 0.25) is 0 Å². The Balaban J connectivity index is 1.86. The summed E-state index contributed by atoms with van der Waals surface area (Å²) in [4.78, 5) is 26.3. The summed E-state index contributed by atoms with van der Waals surface area (Å²) in [6.45, 7) is 6.37. The third-order valence-corrected chi connectivity index (χ3v) is 5.36. The monoisotopic (exact) mass is 341 g/mol. The summed E-state index contributed by atoms with van der Waals surface area (Å²) in [5.74, 6) is -1.01. The number of likely N-dealkylation sites (tertiary alicyclic amines) is 1. The van der Waals surface area contributed by atoms with Crippen LogP contribution >= 0.6 is 0 Å². The molecular formula is C19H23N3O3. The molecule has 0 spiro atoms. The van der Waals surface area contributed by atoms with Crippen LogP contribution in [0.3, 0.4) is 0 Å². The number of para-hydroxylation sites is 1. The number of hydrogen-bond acceptors (Lipinski definition) is 3. The molecule has 132 valence electrons. The SMILES string of the molecule is Cc1c(C(=O)N2CCC(C(=O)O)(C(C)C)C2)cnn1-c1ccccc1. The smallest absolute Gasteiger partial charge is 0.311 e. The Morgan fingerprint density at radius 2 is 1.92 bits per heavy atom. The van der Waals surface area contributed by atoms with E-state index in [1.165, 1.54) is 0 Å². The largest absolute Gasteiger partial charge is 0.481 e. The van der Waals surface area contributed by atoms with Crippen molar-refractivity contribution in [2.45, 2.75) is 27.2 Å². The predicted octanol–water partition coefficient (Wildman–Crippen LogP) is 2.75. The molecule has 1 saturated heterocycles. The van der Waals surface area contributed by atoms with Crippen LogP contribution in [0.25, 0.3) is 5.69 Å². The number of hydrogen-bond donors (Lipinski definition) is 1. The van der Waals surface area contributed by atoms with Crippen molar-refractivity contribution in [2.24, 2.45) is 11.3 Å². The quantitative estimate of drug-likeness (QED) is 0.928. The minimum Gasteiger partial charge on any atom is -0.481 e. The maximum atomic E-state index is 12.9. The van der Waals surface area contributed by atoms with Crippen LogP contribution in [0, 0.1) is 18.3 Å². The van der Waals surface area contributed by atoms with Crippen molar-refractivity contribution in [3.05, 3.63) is 47.8 Å². The molecule has 0 aliphatic carbocycles. The van der Waals surface area contributed by atoms with Crippen LogP contribution in [0.1, 0.15) is 36.3 Å². The molecule has 1 aliphatic heterocycles. The van der Waals surface area contributed by atoms with Gasteiger partial charge in [-0.05, 0) is 31.4 Å². The highest BCUT2D eigenvalue weighted by molar-refractivity contribution is 5.96. The molecule has 1 N–H and O–H groups in total. The topological polar surface area (TPSA) is 75.4 Å². The van der Waals surface area contributed by atoms with E-state index in [0.717, 1.165) is 11.4 Å². The molecule has 1 unspecified atom stereocenters. The molecule has 1 amide bonds. The molecule has 6 heteroatoms. The van der Waals surface area contributed by atoms with Gasteiger partial charge in [0.05, 0.1) is 28.6 Å². The van der Waals surface area contributed by atoms with Crippen LogP contribution in [0.15, 0.2) is 36.5 Å². The van der Waals surface area contributed by atoms with Crippen molar-refractivity contribution in [1.29, 1.82) is 0 Å². The first kappa shape index (κ1) is 17.2. The summed E-state index contributed by atoms with van der Waals surface area (Å²) in [6, 6.07) is 9.62. The number of amides is 1. The summed E-state index contributed by atoms with van der Waals surface area (Å²) in [5.41, 5.74) is 1.31. The van der Waals surface area contributed by atoms with E-state index in [-0.39, 0.29) is 18.4 Å². The molecule has 1 atom stereocenters. The Morgan fingerprint density at radius 3 is 2.48 bits per heavy atom. The standard InChI is InChI=1S/C19H23N3O3/c1-13(2)19(18(24)25)9-10-21(12-19)17(23)16-11-20-22(14(16)3)15-7-5-4-6-8-15/h4-8,11,13H,9-10,12H2,1-3H3,(H,24,25). The van der Waals surface area contributed by atoms with Gasteiger partial charge < -0.3 is 10.0 Å². The average Bonchev–Trinajstić information content (AvgIpc) is 3.20. The summed E-state index contributed by atoms with van der Waals surface area (Å²) in [5, 5.41) is 14.0. The minimum absolute atomic E-state index is 0.0315. The first-order valence-electron chi connectivity index (χ1n) is 8.49. The van der Waals surface area contributed by atoms with Crippen LogP contribution in [0.5, 0.6) is 0 Å². The van der Waals surface area contributed by atoms with Gasteiger partial charge in [-0.1, -0.05) is 32.0 Å². The van der Waals surface area contributed by atoms with Crippen LogP contribution < -0.4 is 0 Å². The minimum atomic E-state index is -0.862. The van der Waals surface area contributed by atoms with Gasteiger partial charge in [-0.2, -0.15) is 5.10 Å². The number of benzene rings is 1. The normalized spacial score (nSPS) is 20.2. The van der Waals surface area contributed by atoms with E-state index in [4.69, 9.17) is 0 Å². The highest BCUT2D eigenvalue weighted by atomic mass is 16.4. The number of nitrogens with zero attached hydrogens (tertiary/aromatic N) is 3. The lowest BCUT2D eigenvalue weighted by Gasteiger charge is -2.28. The molecule has 25 heavy (non-hydrogen) atoms. The van der Waals surface area contributed by atoms with Crippen LogP contribution in [-0.4, -0.2) is 44.8 Å². The van der Waals surface area contributed by atoms with E-state index in [2.05, 4.69) is 5.10 Å². The van der Waals surface area contributed by atoms with E-state index in [1.807, 2.05) is 51.1 Å². The predicted molar refractivity (Wildman–Crippen MR) is 93.7 cm³/mol. The highest BCUT2D eigenvalue weighted by Crippen LogP contribution is 2.38. The van der Waals surface area contributed by atoms with Crippen LogP contribution in [-0.2, 0) is 4.79 Å². The number of aliphatic carboxylic acids is 1. The summed E-state index contributed by atoms with van der Waals surface area (Å²) < 4.78 is 1.73. The Hall–Kier alpha value is -2.63. The van der Waals surface area contributed by atoms with Gasteiger partial charge in [0.2, 0.25) is 0 Å². The maximum Gasteiger partial charge on any atom is 0.311 e. The van der Waals surface area contributed by atoms with Crippen molar-refractivity contribution >= 4 is 11.9 Å². The molecular weight excluding hydrogens is 318 g/mol. The van der Waals surface area contributed by atoms with Gasteiger partial charge in [0, 0.05) is 13.1 Å². The Bertz CT molecular complexity index is 798. The van der Waals surface area contributed by atoms with E-state index >= 15 is 0 Å². The zero-order valence-corrected chi connectivity index (χ0v) is 14.8.